The first-order valence-electron chi connectivity index (χ1n) is 7.60. The van der Waals surface area contributed by atoms with Crippen LogP contribution in [0.2, 0.25) is 0 Å². The van der Waals surface area contributed by atoms with Gasteiger partial charge in [-0.2, -0.15) is 0 Å². The van der Waals surface area contributed by atoms with E-state index in [9.17, 15) is 19.2 Å². The zero-order valence-corrected chi connectivity index (χ0v) is 14.0. The smallest absolute Gasteiger partial charge is 0.325 e. The largest absolute Gasteiger partial charge is 0.480 e. The van der Waals surface area contributed by atoms with Gasteiger partial charge >= 0.3 is 5.97 Å². The molecule has 4 atom stereocenters. The van der Waals surface area contributed by atoms with Gasteiger partial charge in [0.15, 0.2) is 0 Å². The number of carbonyl (C=O) groups excluding carboxylic acids is 3. The Morgan fingerprint density at radius 2 is 1.67 bits per heavy atom. The Hall–Kier alpha value is -2.20. The third-order valence-electron chi connectivity index (χ3n) is 3.50. The van der Waals surface area contributed by atoms with Crippen LogP contribution in [0.1, 0.15) is 27.2 Å². The van der Waals surface area contributed by atoms with Gasteiger partial charge in [-0.25, -0.2) is 0 Å². The van der Waals surface area contributed by atoms with Crippen molar-refractivity contribution in [2.24, 2.45) is 11.7 Å². The van der Waals surface area contributed by atoms with Gasteiger partial charge < -0.3 is 31.9 Å². The number of aliphatic hydroxyl groups excluding tert-OH is 1. The van der Waals surface area contributed by atoms with Crippen LogP contribution in [0.25, 0.3) is 0 Å². The number of amides is 3. The molecule has 0 bridgehead atoms. The zero-order chi connectivity index (χ0) is 18.9. The molecule has 24 heavy (non-hydrogen) atoms. The molecule has 3 amide bonds. The molecule has 10 nitrogen and oxygen atoms in total. The number of rotatable bonds is 10. The van der Waals surface area contributed by atoms with E-state index in [-0.39, 0.29) is 5.92 Å². The summed E-state index contributed by atoms with van der Waals surface area (Å²) >= 11 is 0. The highest BCUT2D eigenvalue weighted by Crippen LogP contribution is 2.08. The van der Waals surface area contributed by atoms with Gasteiger partial charge in [-0.3, -0.25) is 19.2 Å². The lowest BCUT2D eigenvalue weighted by molar-refractivity contribution is -0.141. The predicted octanol–water partition coefficient (Wildman–Crippen LogP) is -2.46. The number of carboxylic acids is 1. The Labute approximate surface area is 140 Å². The van der Waals surface area contributed by atoms with Gasteiger partial charge in [0.25, 0.3) is 0 Å². The van der Waals surface area contributed by atoms with Gasteiger partial charge in [0.1, 0.15) is 18.1 Å². The normalized spacial score (nSPS) is 15.5. The van der Waals surface area contributed by atoms with Gasteiger partial charge in [-0.05, 0) is 12.8 Å². The van der Waals surface area contributed by atoms with Crippen molar-refractivity contribution in [3.8, 4) is 0 Å². The Morgan fingerprint density at radius 1 is 1.08 bits per heavy atom. The summed E-state index contributed by atoms with van der Waals surface area (Å²) in [5, 5.41) is 24.5. The highest BCUT2D eigenvalue weighted by Gasteiger charge is 2.28. The molecule has 0 saturated carbocycles. The minimum atomic E-state index is -1.20. The van der Waals surface area contributed by atoms with E-state index in [1.807, 2.05) is 6.92 Å². The summed E-state index contributed by atoms with van der Waals surface area (Å²) in [5.74, 6) is -3.37. The Morgan fingerprint density at radius 3 is 2.12 bits per heavy atom. The third-order valence-corrected chi connectivity index (χ3v) is 3.50. The quantitative estimate of drug-likeness (QED) is 0.255. The van der Waals surface area contributed by atoms with Crippen LogP contribution in [0.15, 0.2) is 0 Å². The van der Waals surface area contributed by atoms with Gasteiger partial charge in [-0.15, -0.1) is 0 Å². The number of carboxylic acid groups (broad SMARTS) is 1. The molecule has 7 N–H and O–H groups in total. The molecule has 138 valence electrons. The molecular weight excluding hydrogens is 320 g/mol. The number of hydrogen-bond acceptors (Lipinski definition) is 6. The van der Waals surface area contributed by atoms with Crippen molar-refractivity contribution in [2.75, 3.05) is 13.2 Å². The van der Waals surface area contributed by atoms with Crippen molar-refractivity contribution in [1.82, 2.24) is 16.0 Å². The molecule has 0 aliphatic heterocycles. The van der Waals surface area contributed by atoms with Gasteiger partial charge in [0, 0.05) is 0 Å². The van der Waals surface area contributed by atoms with Crippen LogP contribution < -0.4 is 21.7 Å². The molecule has 0 fully saturated rings. The second-order valence-corrected chi connectivity index (χ2v) is 5.51. The fraction of sp³-hybridized carbons (Fsp3) is 0.714. The summed E-state index contributed by atoms with van der Waals surface area (Å²) in [6, 6.07) is -3.16. The van der Waals surface area contributed by atoms with Crippen molar-refractivity contribution in [1.29, 1.82) is 0 Å². The maximum absolute atomic E-state index is 12.2. The summed E-state index contributed by atoms with van der Waals surface area (Å²) in [4.78, 5) is 46.1. The maximum atomic E-state index is 12.2. The number of nitrogens with one attached hydrogen (secondary N) is 3. The van der Waals surface area contributed by atoms with E-state index in [0.29, 0.717) is 6.42 Å². The van der Waals surface area contributed by atoms with Gasteiger partial charge in [0.2, 0.25) is 17.7 Å². The first kappa shape index (κ1) is 21.8. The SMILES string of the molecule is CCC(C)C(NC(=O)C(N)CO)C(=O)NCC(=O)NC(C)C(=O)O. The van der Waals surface area contributed by atoms with Crippen LogP contribution in [0.5, 0.6) is 0 Å². The second kappa shape index (κ2) is 10.6. The third kappa shape index (κ3) is 7.38. The molecule has 0 radical (unpaired) electrons. The lowest BCUT2D eigenvalue weighted by atomic mass is 9.98. The van der Waals surface area contributed by atoms with Crippen LogP contribution in [-0.4, -0.2) is 65.2 Å². The minimum absolute atomic E-state index is 0.235. The van der Waals surface area contributed by atoms with Gasteiger partial charge in [0.05, 0.1) is 13.2 Å². The number of aliphatic hydroxyl groups is 1. The van der Waals surface area contributed by atoms with Crippen molar-refractivity contribution in [2.45, 2.75) is 45.3 Å². The molecule has 0 aliphatic rings. The summed E-state index contributed by atoms with van der Waals surface area (Å²) in [6.07, 6.45) is 0.578. The van der Waals surface area contributed by atoms with Crippen molar-refractivity contribution in [3.05, 3.63) is 0 Å². The maximum Gasteiger partial charge on any atom is 0.325 e. The summed E-state index contributed by atoms with van der Waals surface area (Å²) in [7, 11) is 0. The lowest BCUT2D eigenvalue weighted by Gasteiger charge is -2.24. The van der Waals surface area contributed by atoms with Crippen molar-refractivity contribution < 1.29 is 29.4 Å². The molecule has 10 heteroatoms. The van der Waals surface area contributed by atoms with Crippen LogP contribution in [-0.2, 0) is 19.2 Å². The highest BCUT2D eigenvalue weighted by atomic mass is 16.4. The summed E-state index contributed by atoms with van der Waals surface area (Å²) in [6.45, 7) is 3.87. The average molecular weight is 346 g/mol. The number of hydrogen-bond donors (Lipinski definition) is 6. The monoisotopic (exact) mass is 346 g/mol. The van der Waals surface area contributed by atoms with E-state index in [2.05, 4.69) is 16.0 Å². The Kier molecular flexibility index (Phi) is 9.58. The zero-order valence-electron chi connectivity index (χ0n) is 14.0. The van der Waals surface area contributed by atoms with E-state index < -0.39 is 55.0 Å². The Bertz CT molecular complexity index is 470. The van der Waals surface area contributed by atoms with Crippen LogP contribution >= 0.6 is 0 Å². The molecule has 0 aromatic rings. The molecule has 0 aromatic heterocycles. The highest BCUT2D eigenvalue weighted by molar-refractivity contribution is 5.92. The van der Waals surface area contributed by atoms with E-state index in [0.717, 1.165) is 0 Å². The summed E-state index contributed by atoms with van der Waals surface area (Å²) < 4.78 is 0. The molecule has 4 unspecified atom stereocenters. The molecule has 0 rings (SSSR count). The molecule has 0 aromatic carbocycles. The van der Waals surface area contributed by atoms with Gasteiger partial charge in [-0.1, -0.05) is 20.3 Å². The number of carbonyl (C=O) groups is 4. The predicted molar refractivity (Wildman–Crippen MR) is 84.7 cm³/mol. The first-order valence-corrected chi connectivity index (χ1v) is 7.60. The molecular formula is C14H26N4O6. The van der Waals surface area contributed by atoms with Crippen LogP contribution in [0.3, 0.4) is 0 Å². The van der Waals surface area contributed by atoms with Crippen LogP contribution in [0.4, 0.5) is 0 Å². The molecule has 0 spiro atoms. The number of aliphatic carboxylic acids is 1. The molecule has 0 saturated heterocycles. The summed E-state index contributed by atoms with van der Waals surface area (Å²) in [5.41, 5.74) is 5.40. The van der Waals surface area contributed by atoms with E-state index in [1.54, 1.807) is 6.92 Å². The second-order valence-electron chi connectivity index (χ2n) is 5.51. The number of nitrogens with two attached hydrogens (primary N) is 1. The molecule has 0 heterocycles. The van der Waals surface area contributed by atoms with E-state index in [4.69, 9.17) is 15.9 Å². The lowest BCUT2D eigenvalue weighted by Crippen LogP contribution is -2.56. The van der Waals surface area contributed by atoms with E-state index >= 15 is 0 Å². The topological polar surface area (TPSA) is 171 Å². The fourth-order valence-corrected chi connectivity index (χ4v) is 1.68. The van der Waals surface area contributed by atoms with E-state index in [1.165, 1.54) is 6.92 Å². The Balaban J connectivity index is 4.69. The standard InChI is InChI=1S/C14H26N4O6/c1-4-7(2)11(18-12(21)9(15)6-19)13(22)16-5-10(20)17-8(3)14(23)24/h7-9,11,19H,4-6,15H2,1-3H3,(H,16,22)(H,17,20)(H,18,21)(H,23,24). The molecule has 0 aliphatic carbocycles. The van der Waals surface area contributed by atoms with Crippen LogP contribution in [0, 0.1) is 5.92 Å². The fourth-order valence-electron chi connectivity index (χ4n) is 1.68. The minimum Gasteiger partial charge on any atom is -0.480 e. The first-order chi connectivity index (χ1) is 11.1. The van der Waals surface area contributed by atoms with Crippen molar-refractivity contribution in [3.63, 3.8) is 0 Å². The average Bonchev–Trinajstić information content (AvgIpc) is 2.55. The van der Waals surface area contributed by atoms with Crippen molar-refractivity contribution >= 4 is 23.7 Å².